The first-order valence-electron chi connectivity index (χ1n) is 5.10. The zero-order chi connectivity index (χ0) is 11.6. The lowest BCUT2D eigenvalue weighted by atomic mass is 10.3. The van der Waals surface area contributed by atoms with Crippen molar-refractivity contribution in [2.45, 2.75) is 18.0 Å². The van der Waals surface area contributed by atoms with Crippen LogP contribution in [-0.2, 0) is 10.0 Å². The summed E-state index contributed by atoms with van der Waals surface area (Å²) in [7, 11) is -3.48. The third-order valence-electron chi connectivity index (χ3n) is 2.48. The van der Waals surface area contributed by atoms with E-state index in [1.165, 1.54) is 22.9 Å². The van der Waals surface area contributed by atoms with Crippen LogP contribution in [0.15, 0.2) is 23.6 Å². The number of nitrogens with zero attached hydrogens (tertiary/aromatic N) is 3. The lowest BCUT2D eigenvalue weighted by Gasteiger charge is -2.30. The Morgan fingerprint density at radius 2 is 2.31 bits per heavy atom. The molecule has 1 fully saturated rings. The first kappa shape index (κ1) is 11.4. The van der Waals surface area contributed by atoms with Crippen LogP contribution >= 0.6 is 0 Å². The normalized spacial score (nSPS) is 23.2. The van der Waals surface area contributed by atoms with Gasteiger partial charge in [0.05, 0.1) is 6.20 Å². The van der Waals surface area contributed by atoms with Crippen LogP contribution in [0.2, 0.25) is 0 Å². The van der Waals surface area contributed by atoms with Gasteiger partial charge in [-0.25, -0.2) is 13.4 Å². The fourth-order valence-corrected chi connectivity index (χ4v) is 3.07. The summed E-state index contributed by atoms with van der Waals surface area (Å²) in [6.45, 7) is 3.57. The fourth-order valence-electron chi connectivity index (χ4n) is 1.67. The first-order chi connectivity index (χ1) is 7.60. The van der Waals surface area contributed by atoms with Crippen molar-refractivity contribution < 1.29 is 8.42 Å². The van der Waals surface area contributed by atoms with Gasteiger partial charge in [-0.2, -0.15) is 4.31 Å². The Morgan fingerprint density at radius 1 is 1.50 bits per heavy atom. The first-order valence-corrected chi connectivity index (χ1v) is 6.54. The number of sulfonamides is 1. The maximum Gasteiger partial charge on any atom is 0.262 e. The molecule has 1 aromatic rings. The molecule has 1 aromatic heterocycles. The van der Waals surface area contributed by atoms with Gasteiger partial charge in [-0.15, -0.1) is 0 Å². The number of nitrogens with one attached hydrogen (secondary N) is 1. The molecule has 1 atom stereocenters. The highest BCUT2D eigenvalue weighted by molar-refractivity contribution is 7.89. The van der Waals surface area contributed by atoms with Crippen LogP contribution in [-0.4, -0.2) is 48.4 Å². The van der Waals surface area contributed by atoms with E-state index in [1.807, 2.05) is 6.92 Å². The lowest BCUT2D eigenvalue weighted by Crippen LogP contribution is -2.51. The molecule has 0 radical (unpaired) electrons. The van der Waals surface area contributed by atoms with Crippen molar-refractivity contribution in [3.05, 3.63) is 18.6 Å². The van der Waals surface area contributed by atoms with Crippen molar-refractivity contribution in [3.8, 4) is 0 Å². The van der Waals surface area contributed by atoms with Crippen molar-refractivity contribution in [3.63, 3.8) is 0 Å². The van der Waals surface area contributed by atoms with Crippen molar-refractivity contribution in [2.24, 2.45) is 0 Å². The van der Waals surface area contributed by atoms with Crippen molar-refractivity contribution in [2.75, 3.05) is 19.6 Å². The van der Waals surface area contributed by atoms with E-state index in [-0.39, 0.29) is 11.1 Å². The minimum Gasteiger partial charge on any atom is -0.312 e. The molecule has 2 heterocycles. The molecule has 16 heavy (non-hydrogen) atoms. The quantitative estimate of drug-likeness (QED) is 0.754. The Balaban J connectivity index is 2.26. The molecule has 0 aliphatic carbocycles. The highest BCUT2D eigenvalue weighted by Gasteiger charge is 2.29. The number of hydrogen-bond acceptors (Lipinski definition) is 5. The Labute approximate surface area is 94.8 Å². The van der Waals surface area contributed by atoms with E-state index in [2.05, 4.69) is 15.3 Å². The minimum absolute atomic E-state index is 0.0177. The second-order valence-electron chi connectivity index (χ2n) is 3.76. The van der Waals surface area contributed by atoms with Gasteiger partial charge >= 0.3 is 0 Å². The maximum atomic E-state index is 12.1. The molecular formula is C9H14N4O2S. The predicted molar refractivity (Wildman–Crippen MR) is 58.3 cm³/mol. The molecule has 1 saturated heterocycles. The number of aromatic nitrogens is 2. The summed E-state index contributed by atoms with van der Waals surface area (Å²) < 4.78 is 25.7. The molecule has 0 spiro atoms. The highest BCUT2D eigenvalue weighted by Crippen LogP contribution is 2.13. The maximum absolute atomic E-state index is 12.1. The van der Waals surface area contributed by atoms with Gasteiger partial charge in [0.15, 0.2) is 5.03 Å². The summed E-state index contributed by atoms with van der Waals surface area (Å²) in [6.07, 6.45) is 4.12. The van der Waals surface area contributed by atoms with Crippen LogP contribution < -0.4 is 5.32 Å². The molecule has 1 N–H and O–H groups in total. The molecule has 88 valence electrons. The van der Waals surface area contributed by atoms with Crippen LogP contribution in [0.5, 0.6) is 0 Å². The molecule has 0 saturated carbocycles. The van der Waals surface area contributed by atoms with Crippen LogP contribution in [0.1, 0.15) is 6.92 Å². The van der Waals surface area contributed by atoms with E-state index in [0.29, 0.717) is 19.6 Å². The van der Waals surface area contributed by atoms with Crippen molar-refractivity contribution >= 4 is 10.0 Å². The SMILES string of the molecule is C[C@H]1CN(S(=O)(=O)c2cnccn2)CCN1. The van der Waals surface area contributed by atoms with Crippen molar-refractivity contribution in [1.82, 2.24) is 19.6 Å². The van der Waals surface area contributed by atoms with Gasteiger partial charge in [-0.1, -0.05) is 0 Å². The third kappa shape index (κ3) is 2.21. The predicted octanol–water partition coefficient (Wildman–Crippen LogP) is -0.541. The van der Waals surface area contributed by atoms with Gasteiger partial charge in [-0.3, -0.25) is 4.98 Å². The summed E-state index contributed by atoms with van der Waals surface area (Å²) in [5.74, 6) is 0. The van der Waals surface area contributed by atoms with Crippen molar-refractivity contribution in [1.29, 1.82) is 0 Å². The summed E-state index contributed by atoms with van der Waals surface area (Å²) in [4.78, 5) is 7.62. The molecule has 6 nitrogen and oxygen atoms in total. The molecule has 1 aliphatic heterocycles. The fraction of sp³-hybridized carbons (Fsp3) is 0.556. The van der Waals surface area contributed by atoms with E-state index >= 15 is 0 Å². The molecule has 0 bridgehead atoms. The van der Waals surface area contributed by atoms with Crippen LogP contribution in [0, 0.1) is 0 Å². The molecule has 0 unspecified atom stereocenters. The molecule has 0 aromatic carbocycles. The molecular weight excluding hydrogens is 228 g/mol. The summed E-state index contributed by atoms with van der Waals surface area (Å²) in [6, 6.07) is 0.167. The standard InChI is InChI=1S/C9H14N4O2S/c1-8-7-13(5-4-11-8)16(14,15)9-6-10-2-3-12-9/h2-3,6,8,11H,4-5,7H2,1H3/t8-/m0/s1. The van der Waals surface area contributed by atoms with Crippen LogP contribution in [0.3, 0.4) is 0 Å². The smallest absolute Gasteiger partial charge is 0.262 e. The summed E-state index contributed by atoms with van der Waals surface area (Å²) in [5, 5.41) is 3.21. The van der Waals surface area contributed by atoms with Gasteiger partial charge in [0.1, 0.15) is 0 Å². The topological polar surface area (TPSA) is 75.2 Å². The monoisotopic (exact) mass is 242 g/mol. The second kappa shape index (κ2) is 4.44. The van der Waals surface area contributed by atoms with E-state index in [1.54, 1.807) is 0 Å². The van der Waals surface area contributed by atoms with Gasteiger partial charge < -0.3 is 5.32 Å². The van der Waals surface area contributed by atoms with Crippen LogP contribution in [0.25, 0.3) is 0 Å². The third-order valence-corrected chi connectivity index (χ3v) is 4.23. The van der Waals surface area contributed by atoms with Gasteiger partial charge in [-0.05, 0) is 6.92 Å². The number of piperazine rings is 1. The Bertz CT molecular complexity index is 448. The molecule has 1 aliphatic rings. The summed E-state index contributed by atoms with van der Waals surface area (Å²) in [5.41, 5.74) is 0. The summed E-state index contributed by atoms with van der Waals surface area (Å²) >= 11 is 0. The zero-order valence-electron chi connectivity index (χ0n) is 9.00. The molecule has 0 amide bonds. The molecule has 2 rings (SSSR count). The average molecular weight is 242 g/mol. The Hall–Kier alpha value is -1.05. The Morgan fingerprint density at radius 3 is 2.94 bits per heavy atom. The van der Waals surface area contributed by atoms with E-state index in [4.69, 9.17) is 0 Å². The van der Waals surface area contributed by atoms with E-state index in [0.717, 1.165) is 0 Å². The number of hydrogen-bond donors (Lipinski definition) is 1. The lowest BCUT2D eigenvalue weighted by molar-refractivity contribution is 0.309. The molecule has 7 heteroatoms. The zero-order valence-corrected chi connectivity index (χ0v) is 9.81. The Kier molecular flexibility index (Phi) is 3.17. The second-order valence-corrected chi connectivity index (χ2v) is 5.65. The van der Waals surface area contributed by atoms with E-state index < -0.39 is 10.0 Å². The largest absolute Gasteiger partial charge is 0.312 e. The van der Waals surface area contributed by atoms with Crippen LogP contribution in [0.4, 0.5) is 0 Å². The average Bonchev–Trinajstić information content (AvgIpc) is 2.30. The van der Waals surface area contributed by atoms with Gasteiger partial charge in [0, 0.05) is 38.1 Å². The highest BCUT2D eigenvalue weighted by atomic mass is 32.2. The minimum atomic E-state index is -3.48. The van der Waals surface area contributed by atoms with Gasteiger partial charge in [0.2, 0.25) is 0 Å². The van der Waals surface area contributed by atoms with Gasteiger partial charge in [0.25, 0.3) is 10.0 Å². The number of rotatable bonds is 2. The van der Waals surface area contributed by atoms with E-state index in [9.17, 15) is 8.42 Å².